The van der Waals surface area contributed by atoms with Crippen molar-refractivity contribution in [3.63, 3.8) is 0 Å². The lowest BCUT2D eigenvalue weighted by atomic mass is 10.2. The number of urea groups is 2. The molecular formula is C19H20N4O2S. The van der Waals surface area contributed by atoms with E-state index >= 15 is 0 Å². The maximum atomic E-state index is 12.8. The van der Waals surface area contributed by atoms with Gasteiger partial charge in [0.2, 0.25) is 0 Å². The fourth-order valence-electron chi connectivity index (χ4n) is 3.19. The molecule has 0 bridgehead atoms. The summed E-state index contributed by atoms with van der Waals surface area (Å²) < 4.78 is 3.57. The number of amides is 4. The van der Waals surface area contributed by atoms with E-state index in [-0.39, 0.29) is 12.1 Å². The van der Waals surface area contributed by atoms with E-state index in [1.807, 2.05) is 60.7 Å². The summed E-state index contributed by atoms with van der Waals surface area (Å²) in [5.74, 6) is 0. The van der Waals surface area contributed by atoms with Crippen molar-refractivity contribution in [1.82, 2.24) is 18.4 Å². The molecule has 0 saturated heterocycles. The Labute approximate surface area is 155 Å². The van der Waals surface area contributed by atoms with Crippen LogP contribution < -0.4 is 0 Å². The third-order valence-electron chi connectivity index (χ3n) is 4.49. The van der Waals surface area contributed by atoms with Gasteiger partial charge in [-0.25, -0.2) is 18.2 Å². The van der Waals surface area contributed by atoms with Gasteiger partial charge in [0.1, 0.15) is 0 Å². The normalized spacial score (nSPS) is 17.5. The smallest absolute Gasteiger partial charge is 0.274 e. The molecule has 2 heterocycles. The maximum absolute atomic E-state index is 12.8. The van der Waals surface area contributed by atoms with Gasteiger partial charge >= 0.3 is 12.1 Å². The van der Waals surface area contributed by atoms with E-state index in [0.717, 1.165) is 16.2 Å². The lowest BCUT2D eigenvalue weighted by molar-refractivity contribution is 0.195. The first kappa shape index (κ1) is 16.7. The number of rotatable bonds is 4. The quantitative estimate of drug-likeness (QED) is 0.778. The third kappa shape index (κ3) is 2.64. The van der Waals surface area contributed by atoms with Crippen molar-refractivity contribution in [3.8, 4) is 0 Å². The number of carbonyl (C=O) groups excluding carboxylic acids is 2. The summed E-state index contributed by atoms with van der Waals surface area (Å²) >= 11 is 0. The van der Waals surface area contributed by atoms with E-state index in [1.54, 1.807) is 32.5 Å². The highest BCUT2D eigenvalue weighted by molar-refractivity contribution is 8.13. The molecule has 0 aromatic heterocycles. The highest BCUT2D eigenvalue weighted by Crippen LogP contribution is 2.42. The van der Waals surface area contributed by atoms with Crippen molar-refractivity contribution in [2.45, 2.75) is 13.1 Å². The Balaban J connectivity index is 1.70. The van der Waals surface area contributed by atoms with E-state index in [0.29, 0.717) is 13.1 Å². The Morgan fingerprint density at radius 3 is 1.46 bits per heavy atom. The van der Waals surface area contributed by atoms with Crippen LogP contribution in [0.25, 0.3) is 0 Å². The average Bonchev–Trinajstić information content (AvgIpc) is 3.05. The summed E-state index contributed by atoms with van der Waals surface area (Å²) in [5, 5.41) is 0.742. The molecule has 4 amide bonds. The van der Waals surface area contributed by atoms with Crippen LogP contribution in [0.1, 0.15) is 11.1 Å². The molecule has 134 valence electrons. The second-order valence-electron chi connectivity index (χ2n) is 6.27. The zero-order chi connectivity index (χ0) is 18.3. The van der Waals surface area contributed by atoms with Gasteiger partial charge in [-0.1, -0.05) is 60.7 Å². The molecule has 2 aromatic rings. The van der Waals surface area contributed by atoms with Gasteiger partial charge in [0.05, 0.1) is 23.9 Å². The first-order valence-corrected chi connectivity index (χ1v) is 9.51. The fourth-order valence-corrected chi connectivity index (χ4v) is 5.55. The lowest BCUT2D eigenvalue weighted by Gasteiger charge is -2.28. The highest BCUT2D eigenvalue weighted by atomic mass is 32.2. The average molecular weight is 368 g/mol. The van der Waals surface area contributed by atoms with Crippen LogP contribution in [-0.2, 0) is 13.1 Å². The van der Waals surface area contributed by atoms with Gasteiger partial charge in [-0.05, 0) is 11.1 Å². The van der Waals surface area contributed by atoms with Crippen molar-refractivity contribution in [2.75, 3.05) is 14.1 Å². The molecule has 0 spiro atoms. The Morgan fingerprint density at radius 2 is 1.08 bits per heavy atom. The van der Waals surface area contributed by atoms with E-state index in [2.05, 4.69) is 0 Å². The minimum Gasteiger partial charge on any atom is -0.274 e. The molecule has 0 aliphatic carbocycles. The summed E-state index contributed by atoms with van der Waals surface area (Å²) in [6.45, 7) is 0.950. The fraction of sp³-hybridized carbons (Fsp3) is 0.211. The molecule has 0 unspecified atom stereocenters. The van der Waals surface area contributed by atoms with Gasteiger partial charge in [-0.3, -0.25) is 9.80 Å². The summed E-state index contributed by atoms with van der Waals surface area (Å²) in [5.41, 5.74) is 2.09. The number of carbonyl (C=O) groups is 2. The molecule has 0 atom stereocenters. The monoisotopic (exact) mass is 368 g/mol. The van der Waals surface area contributed by atoms with Crippen molar-refractivity contribution >= 4 is 28.0 Å². The zero-order valence-corrected chi connectivity index (χ0v) is 15.5. The van der Waals surface area contributed by atoms with E-state index in [4.69, 9.17) is 0 Å². The standard InChI is InChI=1S/C19H20N4O2S/c1-20-17(24)22(13-15-9-5-3-6-10-15)26-19(20)21(2)18(25)23(26)14-16-11-7-4-8-12-16/h3-12H,13-14H2,1-2H3. The molecule has 2 aliphatic rings. The minimum absolute atomic E-state index is 0.0791. The largest absolute Gasteiger partial charge is 0.337 e. The Bertz CT molecular complexity index is 813. The molecule has 6 nitrogen and oxygen atoms in total. The first-order chi connectivity index (χ1) is 12.6. The zero-order valence-electron chi connectivity index (χ0n) is 14.7. The summed E-state index contributed by atoms with van der Waals surface area (Å²) in [6, 6.07) is 19.6. The molecule has 0 fully saturated rings. The van der Waals surface area contributed by atoms with Crippen molar-refractivity contribution in [2.24, 2.45) is 0 Å². The molecular weight excluding hydrogens is 348 g/mol. The van der Waals surface area contributed by atoms with E-state index < -0.39 is 10.9 Å². The number of nitrogens with zero attached hydrogens (tertiary/aromatic N) is 4. The van der Waals surface area contributed by atoms with Crippen molar-refractivity contribution in [3.05, 3.63) is 71.8 Å². The molecule has 0 radical (unpaired) electrons. The molecule has 26 heavy (non-hydrogen) atoms. The highest BCUT2D eigenvalue weighted by Gasteiger charge is 2.47. The van der Waals surface area contributed by atoms with Crippen LogP contribution in [0, 0.1) is 0 Å². The topological polar surface area (TPSA) is 47.1 Å². The van der Waals surface area contributed by atoms with Crippen LogP contribution in [0.3, 0.4) is 0 Å². The molecule has 0 saturated carbocycles. The number of hydrogen-bond donors (Lipinski definition) is 0. The SMILES string of the molecule is CN1C(=O)N(Cc2ccccc2)S2=C1N(C)C(=O)N2Cc1ccccc1. The predicted molar refractivity (Wildman–Crippen MR) is 103 cm³/mol. The van der Waals surface area contributed by atoms with Gasteiger partial charge in [-0.2, -0.15) is 0 Å². The maximum Gasteiger partial charge on any atom is 0.337 e. The van der Waals surface area contributed by atoms with Crippen molar-refractivity contribution in [1.29, 1.82) is 0 Å². The predicted octanol–water partition coefficient (Wildman–Crippen LogP) is 3.31. The first-order valence-electron chi connectivity index (χ1n) is 8.37. The van der Waals surface area contributed by atoms with Crippen LogP contribution in [0.4, 0.5) is 9.59 Å². The van der Waals surface area contributed by atoms with E-state index in [1.165, 1.54) is 0 Å². The van der Waals surface area contributed by atoms with Crippen LogP contribution in [0.2, 0.25) is 0 Å². The van der Waals surface area contributed by atoms with Gasteiger partial charge in [0.15, 0.2) is 5.11 Å². The van der Waals surface area contributed by atoms with Gasteiger partial charge in [-0.15, -0.1) is 0 Å². The molecule has 2 aromatic carbocycles. The van der Waals surface area contributed by atoms with Crippen LogP contribution in [-0.4, -0.2) is 49.7 Å². The Kier molecular flexibility index (Phi) is 4.16. The van der Waals surface area contributed by atoms with Crippen molar-refractivity contribution < 1.29 is 9.59 Å². The number of hydrogen-bond acceptors (Lipinski definition) is 2. The molecule has 7 heteroatoms. The van der Waals surface area contributed by atoms with Gasteiger partial charge < -0.3 is 0 Å². The summed E-state index contributed by atoms with van der Waals surface area (Å²) in [6.07, 6.45) is 0. The molecule has 4 rings (SSSR count). The van der Waals surface area contributed by atoms with E-state index in [9.17, 15) is 9.59 Å². The molecule has 0 N–H and O–H groups in total. The third-order valence-corrected chi connectivity index (χ3v) is 6.77. The van der Waals surface area contributed by atoms with Crippen LogP contribution >= 0.6 is 10.9 Å². The summed E-state index contributed by atoms with van der Waals surface area (Å²) in [7, 11) is 2.74. The Morgan fingerprint density at radius 1 is 0.692 bits per heavy atom. The molecule has 2 aliphatic heterocycles. The second-order valence-corrected chi connectivity index (χ2v) is 8.05. The second kappa shape index (κ2) is 6.49. The number of benzene rings is 2. The lowest BCUT2D eigenvalue weighted by Crippen LogP contribution is -2.45. The van der Waals surface area contributed by atoms with Crippen LogP contribution in [0.5, 0.6) is 0 Å². The minimum atomic E-state index is -0.729. The van der Waals surface area contributed by atoms with Gasteiger partial charge in [0.25, 0.3) is 0 Å². The van der Waals surface area contributed by atoms with Gasteiger partial charge in [0, 0.05) is 14.1 Å². The Hall–Kier alpha value is -2.80. The van der Waals surface area contributed by atoms with Crippen LogP contribution in [0.15, 0.2) is 60.7 Å². The summed E-state index contributed by atoms with van der Waals surface area (Å²) in [4.78, 5) is 28.9.